The molecule has 0 saturated heterocycles. The van der Waals surface area contributed by atoms with Crippen LogP contribution < -0.4 is 11.1 Å². The summed E-state index contributed by atoms with van der Waals surface area (Å²) in [5, 5.41) is 2.58. The molecule has 0 saturated carbocycles. The van der Waals surface area contributed by atoms with E-state index in [0.717, 1.165) is 24.1 Å². The SMILES string of the molecule is CNC(=O)CCCOCCc1ccccc1N. The highest BCUT2D eigenvalue weighted by atomic mass is 16.5. The number of benzene rings is 1. The Morgan fingerprint density at radius 2 is 2.12 bits per heavy atom. The van der Waals surface area contributed by atoms with Crippen LogP contribution >= 0.6 is 0 Å². The Morgan fingerprint density at radius 1 is 1.35 bits per heavy atom. The molecule has 0 heterocycles. The molecule has 0 radical (unpaired) electrons. The maximum absolute atomic E-state index is 10.9. The van der Waals surface area contributed by atoms with Crippen molar-refractivity contribution >= 4 is 11.6 Å². The fourth-order valence-electron chi connectivity index (χ4n) is 1.51. The molecule has 4 heteroatoms. The summed E-state index contributed by atoms with van der Waals surface area (Å²) >= 11 is 0. The van der Waals surface area contributed by atoms with E-state index in [4.69, 9.17) is 10.5 Å². The van der Waals surface area contributed by atoms with Crippen molar-refractivity contribution in [1.82, 2.24) is 5.32 Å². The van der Waals surface area contributed by atoms with E-state index < -0.39 is 0 Å². The number of carbonyl (C=O) groups excluding carboxylic acids is 1. The molecular formula is C13H20N2O2. The zero-order chi connectivity index (χ0) is 12.5. The monoisotopic (exact) mass is 236 g/mol. The van der Waals surface area contributed by atoms with Gasteiger partial charge in [-0.3, -0.25) is 4.79 Å². The third-order valence-corrected chi connectivity index (χ3v) is 2.54. The Hall–Kier alpha value is -1.55. The summed E-state index contributed by atoms with van der Waals surface area (Å²) in [6.45, 7) is 1.25. The quantitative estimate of drug-likeness (QED) is 0.555. The average molecular weight is 236 g/mol. The summed E-state index contributed by atoms with van der Waals surface area (Å²) in [6.07, 6.45) is 2.08. The minimum atomic E-state index is 0.0564. The molecular weight excluding hydrogens is 216 g/mol. The van der Waals surface area contributed by atoms with Crippen LogP contribution in [0.2, 0.25) is 0 Å². The number of ether oxygens (including phenoxy) is 1. The largest absolute Gasteiger partial charge is 0.399 e. The van der Waals surface area contributed by atoms with Crippen LogP contribution in [0.3, 0.4) is 0 Å². The van der Waals surface area contributed by atoms with Crippen molar-refractivity contribution in [2.45, 2.75) is 19.3 Å². The van der Waals surface area contributed by atoms with E-state index in [1.807, 2.05) is 24.3 Å². The van der Waals surface area contributed by atoms with E-state index in [1.54, 1.807) is 7.05 Å². The smallest absolute Gasteiger partial charge is 0.219 e. The second-order valence-electron chi connectivity index (χ2n) is 3.84. The molecule has 1 rings (SSSR count). The van der Waals surface area contributed by atoms with E-state index >= 15 is 0 Å². The summed E-state index contributed by atoms with van der Waals surface area (Å²) in [6, 6.07) is 7.78. The maximum atomic E-state index is 10.9. The van der Waals surface area contributed by atoms with Crippen LogP contribution in [0.25, 0.3) is 0 Å². The number of nitrogens with two attached hydrogens (primary N) is 1. The first kappa shape index (κ1) is 13.5. The first-order chi connectivity index (χ1) is 8.24. The first-order valence-electron chi connectivity index (χ1n) is 5.85. The zero-order valence-electron chi connectivity index (χ0n) is 10.2. The highest BCUT2D eigenvalue weighted by molar-refractivity contribution is 5.75. The number of hydrogen-bond donors (Lipinski definition) is 2. The second kappa shape index (κ2) is 7.68. The number of nitrogen functional groups attached to an aromatic ring is 1. The Kier molecular flexibility index (Phi) is 6.10. The highest BCUT2D eigenvalue weighted by Gasteiger charge is 1.99. The molecule has 0 unspecified atom stereocenters. The molecule has 0 atom stereocenters. The number of nitrogens with one attached hydrogen (secondary N) is 1. The number of hydrogen-bond acceptors (Lipinski definition) is 3. The number of para-hydroxylation sites is 1. The topological polar surface area (TPSA) is 64.3 Å². The molecule has 4 nitrogen and oxygen atoms in total. The van der Waals surface area contributed by atoms with Crippen molar-refractivity contribution in [3.63, 3.8) is 0 Å². The minimum absolute atomic E-state index is 0.0564. The first-order valence-corrected chi connectivity index (χ1v) is 5.85. The fraction of sp³-hybridized carbons (Fsp3) is 0.462. The lowest BCUT2D eigenvalue weighted by Gasteiger charge is -2.06. The van der Waals surface area contributed by atoms with Gasteiger partial charge >= 0.3 is 0 Å². The molecule has 3 N–H and O–H groups in total. The number of anilines is 1. The van der Waals surface area contributed by atoms with Gasteiger partial charge < -0.3 is 15.8 Å². The van der Waals surface area contributed by atoms with E-state index in [-0.39, 0.29) is 5.91 Å². The maximum Gasteiger partial charge on any atom is 0.219 e. The van der Waals surface area contributed by atoms with Crippen molar-refractivity contribution in [1.29, 1.82) is 0 Å². The van der Waals surface area contributed by atoms with Gasteiger partial charge in [-0.15, -0.1) is 0 Å². The van der Waals surface area contributed by atoms with Gasteiger partial charge in [0.15, 0.2) is 0 Å². The van der Waals surface area contributed by atoms with E-state index in [0.29, 0.717) is 19.6 Å². The fourth-order valence-corrected chi connectivity index (χ4v) is 1.51. The van der Waals surface area contributed by atoms with Gasteiger partial charge in [-0.25, -0.2) is 0 Å². The van der Waals surface area contributed by atoms with Gasteiger partial charge in [-0.2, -0.15) is 0 Å². The summed E-state index contributed by atoms with van der Waals surface area (Å²) in [5.41, 5.74) is 7.73. The van der Waals surface area contributed by atoms with Gasteiger partial charge in [0.2, 0.25) is 5.91 Å². The molecule has 0 fully saturated rings. The van der Waals surface area contributed by atoms with Crippen LogP contribution in [0.15, 0.2) is 24.3 Å². The van der Waals surface area contributed by atoms with Crippen LogP contribution in [0.4, 0.5) is 5.69 Å². The van der Waals surface area contributed by atoms with Gasteiger partial charge in [0.25, 0.3) is 0 Å². The van der Waals surface area contributed by atoms with Crippen molar-refractivity contribution < 1.29 is 9.53 Å². The van der Waals surface area contributed by atoms with Crippen LogP contribution in [0, 0.1) is 0 Å². The van der Waals surface area contributed by atoms with Crippen LogP contribution in [0.1, 0.15) is 18.4 Å². The van der Waals surface area contributed by atoms with Crippen molar-refractivity contribution in [2.24, 2.45) is 0 Å². The molecule has 1 aromatic rings. The van der Waals surface area contributed by atoms with Gasteiger partial charge in [-0.05, 0) is 24.5 Å². The standard InChI is InChI=1S/C13H20N2O2/c1-15-13(16)7-4-9-17-10-8-11-5-2-3-6-12(11)14/h2-3,5-6H,4,7-10,14H2,1H3,(H,15,16). The third kappa shape index (κ3) is 5.36. The van der Waals surface area contributed by atoms with Crippen LogP contribution in [-0.4, -0.2) is 26.2 Å². The van der Waals surface area contributed by atoms with Gasteiger partial charge in [-0.1, -0.05) is 18.2 Å². The molecule has 0 aliphatic heterocycles. The zero-order valence-corrected chi connectivity index (χ0v) is 10.2. The normalized spacial score (nSPS) is 10.2. The lowest BCUT2D eigenvalue weighted by atomic mass is 10.1. The molecule has 0 bridgehead atoms. The Labute approximate surface area is 102 Å². The summed E-state index contributed by atoms with van der Waals surface area (Å²) < 4.78 is 5.45. The number of rotatable bonds is 7. The highest BCUT2D eigenvalue weighted by Crippen LogP contribution is 2.10. The Balaban J connectivity index is 2.09. The van der Waals surface area contributed by atoms with Gasteiger partial charge in [0.1, 0.15) is 0 Å². The number of amides is 1. The molecule has 1 amide bonds. The van der Waals surface area contributed by atoms with Gasteiger partial charge in [0, 0.05) is 25.8 Å². The van der Waals surface area contributed by atoms with Crippen molar-refractivity contribution in [3.8, 4) is 0 Å². The predicted octanol–water partition coefficient (Wildman–Crippen LogP) is 1.35. The lowest BCUT2D eigenvalue weighted by Crippen LogP contribution is -2.17. The van der Waals surface area contributed by atoms with E-state index in [1.165, 1.54) is 0 Å². The summed E-state index contributed by atoms with van der Waals surface area (Å²) in [5.74, 6) is 0.0564. The predicted molar refractivity (Wildman–Crippen MR) is 68.7 cm³/mol. The Morgan fingerprint density at radius 3 is 2.82 bits per heavy atom. The molecule has 17 heavy (non-hydrogen) atoms. The molecule has 94 valence electrons. The molecule has 0 spiro atoms. The van der Waals surface area contributed by atoms with Gasteiger partial charge in [0.05, 0.1) is 6.61 Å². The lowest BCUT2D eigenvalue weighted by molar-refractivity contribution is -0.120. The van der Waals surface area contributed by atoms with Crippen molar-refractivity contribution in [3.05, 3.63) is 29.8 Å². The van der Waals surface area contributed by atoms with E-state index in [2.05, 4.69) is 5.32 Å². The average Bonchev–Trinajstić information content (AvgIpc) is 2.35. The third-order valence-electron chi connectivity index (χ3n) is 2.54. The Bertz CT molecular complexity index is 353. The summed E-state index contributed by atoms with van der Waals surface area (Å²) in [4.78, 5) is 10.9. The minimum Gasteiger partial charge on any atom is -0.399 e. The molecule has 1 aromatic carbocycles. The molecule has 0 aliphatic carbocycles. The number of carbonyl (C=O) groups is 1. The summed E-state index contributed by atoms with van der Waals surface area (Å²) in [7, 11) is 1.64. The van der Waals surface area contributed by atoms with Crippen LogP contribution in [-0.2, 0) is 16.0 Å². The van der Waals surface area contributed by atoms with Crippen LogP contribution in [0.5, 0.6) is 0 Å². The molecule has 0 aliphatic rings. The van der Waals surface area contributed by atoms with E-state index in [9.17, 15) is 4.79 Å². The van der Waals surface area contributed by atoms with Crippen molar-refractivity contribution in [2.75, 3.05) is 26.0 Å². The molecule has 0 aromatic heterocycles. The second-order valence-corrected chi connectivity index (χ2v) is 3.84.